The molecular weight excluding hydrogens is 416 g/mol. The summed E-state index contributed by atoms with van der Waals surface area (Å²) < 4.78 is 18.2. The van der Waals surface area contributed by atoms with Crippen molar-refractivity contribution in [2.75, 3.05) is 6.61 Å². The third-order valence-corrected chi connectivity index (χ3v) is 9.64. The van der Waals surface area contributed by atoms with Crippen LogP contribution in [0.5, 0.6) is 0 Å². The molecule has 30 heavy (non-hydrogen) atoms. The van der Waals surface area contributed by atoms with Gasteiger partial charge in [0.1, 0.15) is 9.68 Å². The Bertz CT molecular complexity index is 894. The highest BCUT2D eigenvalue weighted by Crippen LogP contribution is 2.54. The number of hydrogen-bond acceptors (Lipinski definition) is 5. The molecule has 1 N–H and O–H groups in total. The minimum absolute atomic E-state index is 0.155. The summed E-state index contributed by atoms with van der Waals surface area (Å²) in [6, 6.07) is 15.6. The molecule has 3 rings (SSSR count). The first kappa shape index (κ1) is 23.0. The molecule has 162 valence electrons. The highest BCUT2D eigenvalue weighted by molar-refractivity contribution is 8.12. The zero-order chi connectivity index (χ0) is 21.8. The van der Waals surface area contributed by atoms with E-state index in [-0.39, 0.29) is 13.0 Å². The number of carbonyl (C=O) groups excluding carboxylic acids is 1. The maximum atomic E-state index is 14.0. The number of rotatable bonds is 7. The van der Waals surface area contributed by atoms with Crippen LogP contribution in [0.15, 0.2) is 58.3 Å². The fraction of sp³-hybridized carbons (Fsp3) is 0.458. The molecule has 4 nitrogen and oxygen atoms in total. The molecule has 0 amide bonds. The van der Waals surface area contributed by atoms with Gasteiger partial charge in [0.2, 0.25) is 0 Å². The van der Waals surface area contributed by atoms with Crippen LogP contribution >= 0.6 is 11.8 Å². The minimum Gasteiger partial charge on any atom is -0.466 e. The fourth-order valence-electron chi connectivity index (χ4n) is 3.97. The summed E-state index contributed by atoms with van der Waals surface area (Å²) >= 11 is 1.44. The third kappa shape index (κ3) is 4.82. The molecule has 2 aromatic rings. The Balaban J connectivity index is 2.08. The molecule has 1 aliphatic rings. The van der Waals surface area contributed by atoms with E-state index in [1.165, 1.54) is 11.8 Å². The molecular formula is C24H30O4S2. The standard InChI is InChI=1S/C24H30O4S2/c1-4-28-22(25)17-23(26)15-5-6-16-24(23,29-20-11-7-18(2)8-12-20)30(27)21-13-9-19(3)10-14-21/h7-14,26H,4-6,15-17H2,1-3H3/t23-,24?,30-/m0/s1. The smallest absolute Gasteiger partial charge is 0.308 e. The maximum absolute atomic E-state index is 14.0. The third-order valence-electron chi connectivity index (χ3n) is 5.64. The van der Waals surface area contributed by atoms with E-state index in [1.807, 2.05) is 62.4 Å². The molecule has 1 fully saturated rings. The molecule has 0 saturated heterocycles. The first-order valence-electron chi connectivity index (χ1n) is 10.4. The van der Waals surface area contributed by atoms with Crippen molar-refractivity contribution in [3.8, 4) is 0 Å². The summed E-state index contributed by atoms with van der Waals surface area (Å²) in [6.45, 7) is 6.02. The summed E-state index contributed by atoms with van der Waals surface area (Å²) in [6.07, 6.45) is 2.46. The van der Waals surface area contributed by atoms with E-state index < -0.39 is 26.4 Å². The van der Waals surface area contributed by atoms with E-state index in [9.17, 15) is 14.1 Å². The maximum Gasteiger partial charge on any atom is 0.308 e. The van der Waals surface area contributed by atoms with Crippen LogP contribution in [0.2, 0.25) is 0 Å². The van der Waals surface area contributed by atoms with Crippen molar-refractivity contribution >= 4 is 28.5 Å². The molecule has 1 aliphatic carbocycles. The van der Waals surface area contributed by atoms with Gasteiger partial charge in [-0.2, -0.15) is 0 Å². The van der Waals surface area contributed by atoms with Crippen LogP contribution in [0, 0.1) is 13.8 Å². The number of hydrogen-bond donors (Lipinski definition) is 1. The molecule has 1 unspecified atom stereocenters. The van der Waals surface area contributed by atoms with Crippen molar-refractivity contribution in [3.05, 3.63) is 59.7 Å². The van der Waals surface area contributed by atoms with E-state index in [2.05, 4.69) is 0 Å². The number of aliphatic hydroxyl groups is 1. The molecule has 0 bridgehead atoms. The van der Waals surface area contributed by atoms with Gasteiger partial charge in [-0.05, 0) is 57.9 Å². The largest absolute Gasteiger partial charge is 0.466 e. The summed E-state index contributed by atoms with van der Waals surface area (Å²) in [4.78, 5) is 14.0. The lowest BCUT2D eigenvalue weighted by Crippen LogP contribution is -2.57. The van der Waals surface area contributed by atoms with Gasteiger partial charge in [0, 0.05) is 9.79 Å². The average Bonchev–Trinajstić information content (AvgIpc) is 2.71. The van der Waals surface area contributed by atoms with Gasteiger partial charge in [-0.1, -0.05) is 48.2 Å². The van der Waals surface area contributed by atoms with Gasteiger partial charge in [-0.15, -0.1) is 11.8 Å². The molecule has 0 aromatic heterocycles. The molecule has 0 radical (unpaired) electrons. The molecule has 0 heterocycles. The Kier molecular flexibility index (Phi) is 7.43. The Morgan fingerprint density at radius 1 is 1.03 bits per heavy atom. The topological polar surface area (TPSA) is 63.6 Å². The number of ether oxygens (including phenoxy) is 1. The van der Waals surface area contributed by atoms with Crippen LogP contribution in [-0.4, -0.2) is 31.6 Å². The van der Waals surface area contributed by atoms with Crippen molar-refractivity contribution in [3.63, 3.8) is 0 Å². The number of benzene rings is 2. The lowest BCUT2D eigenvalue weighted by atomic mass is 9.81. The van der Waals surface area contributed by atoms with Gasteiger partial charge in [-0.25, -0.2) is 0 Å². The minimum atomic E-state index is -1.53. The second kappa shape index (κ2) is 9.67. The van der Waals surface area contributed by atoms with E-state index in [0.717, 1.165) is 28.9 Å². The van der Waals surface area contributed by atoms with Crippen LogP contribution in [0.4, 0.5) is 0 Å². The fourth-order valence-corrected chi connectivity index (χ4v) is 7.73. The number of esters is 1. The van der Waals surface area contributed by atoms with E-state index >= 15 is 0 Å². The highest BCUT2D eigenvalue weighted by atomic mass is 32.2. The first-order valence-corrected chi connectivity index (χ1v) is 12.4. The summed E-state index contributed by atoms with van der Waals surface area (Å²) in [5.74, 6) is -0.448. The average molecular weight is 447 g/mol. The Labute approximate surface area is 185 Å². The zero-order valence-electron chi connectivity index (χ0n) is 17.8. The molecule has 0 spiro atoms. The normalized spacial score (nSPS) is 24.9. The molecule has 3 atom stereocenters. The van der Waals surface area contributed by atoms with E-state index in [1.54, 1.807) is 6.92 Å². The van der Waals surface area contributed by atoms with Crippen molar-refractivity contribution in [2.24, 2.45) is 0 Å². The predicted octanol–water partition coefficient (Wildman–Crippen LogP) is 5.16. The molecule has 2 aromatic carbocycles. The molecule has 0 aliphatic heterocycles. The Hall–Kier alpha value is -1.63. The Morgan fingerprint density at radius 3 is 2.20 bits per heavy atom. The predicted molar refractivity (Wildman–Crippen MR) is 122 cm³/mol. The van der Waals surface area contributed by atoms with E-state index in [0.29, 0.717) is 17.7 Å². The van der Waals surface area contributed by atoms with Gasteiger partial charge < -0.3 is 9.84 Å². The van der Waals surface area contributed by atoms with Crippen molar-refractivity contribution < 1.29 is 18.8 Å². The van der Waals surface area contributed by atoms with Crippen molar-refractivity contribution in [1.82, 2.24) is 0 Å². The highest BCUT2D eigenvalue weighted by Gasteiger charge is 2.58. The van der Waals surface area contributed by atoms with Crippen LogP contribution in [0.1, 0.15) is 50.2 Å². The number of aryl methyl sites for hydroxylation is 2. The van der Waals surface area contributed by atoms with Crippen molar-refractivity contribution in [2.45, 2.75) is 72.3 Å². The van der Waals surface area contributed by atoms with Gasteiger partial charge in [0.15, 0.2) is 0 Å². The molecule has 1 saturated carbocycles. The second-order valence-electron chi connectivity index (χ2n) is 7.97. The van der Waals surface area contributed by atoms with Gasteiger partial charge in [0.25, 0.3) is 0 Å². The molecule has 6 heteroatoms. The van der Waals surface area contributed by atoms with E-state index in [4.69, 9.17) is 4.74 Å². The van der Waals surface area contributed by atoms with Crippen LogP contribution in [0.3, 0.4) is 0 Å². The van der Waals surface area contributed by atoms with Crippen LogP contribution in [0.25, 0.3) is 0 Å². The monoisotopic (exact) mass is 446 g/mol. The summed E-state index contributed by atoms with van der Waals surface area (Å²) in [5, 5.41) is 11.9. The van der Waals surface area contributed by atoms with Gasteiger partial charge in [0.05, 0.1) is 23.8 Å². The Morgan fingerprint density at radius 2 is 1.60 bits per heavy atom. The van der Waals surface area contributed by atoms with Gasteiger partial charge in [-0.3, -0.25) is 9.00 Å². The van der Waals surface area contributed by atoms with Crippen LogP contribution < -0.4 is 0 Å². The second-order valence-corrected chi connectivity index (χ2v) is 11.3. The summed E-state index contributed by atoms with van der Waals surface area (Å²) in [7, 11) is -1.53. The van der Waals surface area contributed by atoms with Crippen LogP contribution in [-0.2, 0) is 20.3 Å². The number of carbonyl (C=O) groups is 1. The first-order chi connectivity index (χ1) is 14.3. The lowest BCUT2D eigenvalue weighted by molar-refractivity contribution is -0.150. The lowest BCUT2D eigenvalue weighted by Gasteiger charge is -2.48. The summed E-state index contributed by atoms with van der Waals surface area (Å²) in [5.41, 5.74) is 0.794. The van der Waals surface area contributed by atoms with Gasteiger partial charge >= 0.3 is 5.97 Å². The number of thioether (sulfide) groups is 1. The quantitative estimate of drug-likeness (QED) is 0.595. The SMILES string of the molecule is CCOC(=O)C[C@@]1(O)CCCCC1(Sc1ccc(C)cc1)[S@@](=O)c1ccc(C)cc1. The van der Waals surface area contributed by atoms with Crippen molar-refractivity contribution in [1.29, 1.82) is 0 Å². The zero-order valence-corrected chi connectivity index (χ0v) is 19.5.